The van der Waals surface area contributed by atoms with Gasteiger partial charge in [-0.1, -0.05) is 36.4 Å². The first-order chi connectivity index (χ1) is 15.6. The standard InChI is InChI=1S/C25H29N3O4/c1-32-22-10-6-5-7-19(22)11-12-23(29)26-13-15-27(16-14-26)25(31)20-17-24(30)28(18-20)21-8-3-2-4-9-21/h2-10,20H,11-18H2,1H3/t20-/m0/s1. The second-order valence-corrected chi connectivity index (χ2v) is 8.26. The molecule has 0 N–H and O–H groups in total. The van der Waals surface area contributed by atoms with E-state index in [0.717, 1.165) is 17.0 Å². The molecule has 2 fully saturated rings. The quantitative estimate of drug-likeness (QED) is 0.699. The minimum absolute atomic E-state index is 0.0119. The summed E-state index contributed by atoms with van der Waals surface area (Å²) >= 11 is 0. The molecular weight excluding hydrogens is 406 g/mol. The Morgan fingerprint density at radius 2 is 1.59 bits per heavy atom. The third kappa shape index (κ3) is 4.77. The van der Waals surface area contributed by atoms with Crippen LogP contribution in [0.2, 0.25) is 0 Å². The summed E-state index contributed by atoms with van der Waals surface area (Å²) in [5.74, 6) is 0.564. The molecule has 0 radical (unpaired) electrons. The minimum Gasteiger partial charge on any atom is -0.496 e. The highest BCUT2D eigenvalue weighted by atomic mass is 16.5. The Bertz CT molecular complexity index is 970. The number of nitrogens with zero attached hydrogens (tertiary/aromatic N) is 3. The Kier molecular flexibility index (Phi) is 6.73. The van der Waals surface area contributed by atoms with E-state index in [2.05, 4.69) is 0 Å². The molecule has 0 aromatic heterocycles. The molecule has 7 heteroatoms. The molecule has 2 saturated heterocycles. The van der Waals surface area contributed by atoms with Crippen LogP contribution in [0.4, 0.5) is 5.69 Å². The molecule has 3 amide bonds. The van der Waals surface area contributed by atoms with E-state index in [9.17, 15) is 14.4 Å². The summed E-state index contributed by atoms with van der Waals surface area (Å²) < 4.78 is 5.36. The Morgan fingerprint density at radius 1 is 0.938 bits per heavy atom. The summed E-state index contributed by atoms with van der Waals surface area (Å²) in [5, 5.41) is 0. The van der Waals surface area contributed by atoms with E-state index < -0.39 is 0 Å². The van der Waals surface area contributed by atoms with Crippen LogP contribution >= 0.6 is 0 Å². The maximum atomic E-state index is 13.0. The normalized spacial score (nSPS) is 18.7. The fraction of sp³-hybridized carbons (Fsp3) is 0.400. The predicted octanol–water partition coefficient (Wildman–Crippen LogP) is 2.35. The van der Waals surface area contributed by atoms with Gasteiger partial charge >= 0.3 is 0 Å². The zero-order chi connectivity index (χ0) is 22.5. The highest BCUT2D eigenvalue weighted by Crippen LogP contribution is 2.26. The van der Waals surface area contributed by atoms with Gasteiger partial charge in [0, 0.05) is 51.3 Å². The van der Waals surface area contributed by atoms with E-state index in [0.29, 0.717) is 45.6 Å². The van der Waals surface area contributed by atoms with Gasteiger partial charge < -0.3 is 19.4 Å². The van der Waals surface area contributed by atoms with Crippen molar-refractivity contribution in [3.63, 3.8) is 0 Å². The molecule has 2 aromatic carbocycles. The van der Waals surface area contributed by atoms with Crippen molar-refractivity contribution < 1.29 is 19.1 Å². The fourth-order valence-corrected chi connectivity index (χ4v) is 4.47. The number of hydrogen-bond acceptors (Lipinski definition) is 4. The zero-order valence-electron chi connectivity index (χ0n) is 18.4. The molecule has 0 bridgehead atoms. The Balaban J connectivity index is 1.26. The number of carbonyl (C=O) groups is 3. The lowest BCUT2D eigenvalue weighted by molar-refractivity contribution is -0.142. The molecule has 2 aliphatic rings. The molecular formula is C25H29N3O4. The van der Waals surface area contributed by atoms with Crippen molar-refractivity contribution in [2.24, 2.45) is 5.92 Å². The number of rotatable bonds is 6. The number of aryl methyl sites for hydroxylation is 1. The number of benzene rings is 2. The maximum absolute atomic E-state index is 13.0. The number of carbonyl (C=O) groups excluding carboxylic acids is 3. The third-order valence-electron chi connectivity index (χ3n) is 6.29. The van der Waals surface area contributed by atoms with Crippen molar-refractivity contribution in [2.75, 3.05) is 44.7 Å². The molecule has 0 spiro atoms. The van der Waals surface area contributed by atoms with E-state index in [1.807, 2.05) is 59.5 Å². The lowest BCUT2D eigenvalue weighted by Crippen LogP contribution is -2.52. The van der Waals surface area contributed by atoms with Gasteiger partial charge in [-0.3, -0.25) is 14.4 Å². The average molecular weight is 436 g/mol. The highest BCUT2D eigenvalue weighted by molar-refractivity contribution is 6.00. The summed E-state index contributed by atoms with van der Waals surface area (Å²) in [5.41, 5.74) is 1.85. The van der Waals surface area contributed by atoms with Crippen LogP contribution in [0.1, 0.15) is 18.4 Å². The summed E-state index contributed by atoms with van der Waals surface area (Å²) in [7, 11) is 1.63. The zero-order valence-corrected chi connectivity index (χ0v) is 18.4. The van der Waals surface area contributed by atoms with Crippen molar-refractivity contribution in [3.8, 4) is 5.75 Å². The molecule has 0 unspecified atom stereocenters. The molecule has 2 aliphatic heterocycles. The van der Waals surface area contributed by atoms with Crippen LogP contribution in [0.25, 0.3) is 0 Å². The maximum Gasteiger partial charge on any atom is 0.228 e. The number of para-hydroxylation sites is 2. The van der Waals surface area contributed by atoms with Crippen molar-refractivity contribution in [3.05, 3.63) is 60.2 Å². The van der Waals surface area contributed by atoms with Gasteiger partial charge in [0.2, 0.25) is 17.7 Å². The van der Waals surface area contributed by atoms with Gasteiger partial charge in [-0.15, -0.1) is 0 Å². The monoisotopic (exact) mass is 435 g/mol. The second kappa shape index (κ2) is 9.85. The number of ether oxygens (including phenoxy) is 1. The predicted molar refractivity (Wildman–Crippen MR) is 121 cm³/mol. The number of anilines is 1. The van der Waals surface area contributed by atoms with Gasteiger partial charge in [0.25, 0.3) is 0 Å². The first kappa shape index (κ1) is 21.9. The molecule has 168 valence electrons. The number of amides is 3. The number of methoxy groups -OCH3 is 1. The van der Waals surface area contributed by atoms with Crippen LogP contribution in [0.15, 0.2) is 54.6 Å². The molecule has 1 atom stereocenters. The second-order valence-electron chi connectivity index (χ2n) is 8.26. The third-order valence-corrected chi connectivity index (χ3v) is 6.29. The van der Waals surface area contributed by atoms with Crippen LogP contribution < -0.4 is 9.64 Å². The largest absolute Gasteiger partial charge is 0.496 e. The molecule has 7 nitrogen and oxygen atoms in total. The number of piperazine rings is 1. The first-order valence-corrected chi connectivity index (χ1v) is 11.1. The summed E-state index contributed by atoms with van der Waals surface area (Å²) in [6, 6.07) is 17.2. The van der Waals surface area contributed by atoms with Gasteiger partial charge in [-0.2, -0.15) is 0 Å². The lowest BCUT2D eigenvalue weighted by Gasteiger charge is -2.36. The smallest absolute Gasteiger partial charge is 0.228 e. The van der Waals surface area contributed by atoms with Crippen molar-refractivity contribution in [1.82, 2.24) is 9.80 Å². The van der Waals surface area contributed by atoms with Crippen LogP contribution in [-0.4, -0.2) is 67.4 Å². The van der Waals surface area contributed by atoms with Crippen molar-refractivity contribution in [2.45, 2.75) is 19.3 Å². The fourth-order valence-electron chi connectivity index (χ4n) is 4.47. The highest BCUT2D eigenvalue weighted by Gasteiger charge is 2.38. The van der Waals surface area contributed by atoms with Gasteiger partial charge in [-0.05, 0) is 30.2 Å². The topological polar surface area (TPSA) is 70.2 Å². The number of hydrogen-bond donors (Lipinski definition) is 0. The lowest BCUT2D eigenvalue weighted by atomic mass is 10.1. The van der Waals surface area contributed by atoms with Gasteiger partial charge in [-0.25, -0.2) is 0 Å². The van der Waals surface area contributed by atoms with E-state index in [4.69, 9.17) is 4.74 Å². The van der Waals surface area contributed by atoms with Crippen molar-refractivity contribution >= 4 is 23.4 Å². The van der Waals surface area contributed by atoms with Gasteiger partial charge in [0.1, 0.15) is 5.75 Å². The minimum atomic E-state index is -0.324. The van der Waals surface area contributed by atoms with Crippen LogP contribution in [0, 0.1) is 5.92 Å². The van der Waals surface area contributed by atoms with Crippen LogP contribution in [-0.2, 0) is 20.8 Å². The summed E-state index contributed by atoms with van der Waals surface area (Å²) in [4.78, 5) is 43.5. The Hall–Kier alpha value is -3.35. The summed E-state index contributed by atoms with van der Waals surface area (Å²) in [6.07, 6.45) is 1.28. The van der Waals surface area contributed by atoms with E-state index >= 15 is 0 Å². The average Bonchev–Trinajstić information content (AvgIpc) is 3.24. The first-order valence-electron chi connectivity index (χ1n) is 11.1. The van der Waals surface area contributed by atoms with Crippen LogP contribution in [0.5, 0.6) is 5.75 Å². The van der Waals surface area contributed by atoms with E-state index in [-0.39, 0.29) is 30.1 Å². The molecule has 2 aromatic rings. The molecule has 0 aliphatic carbocycles. The van der Waals surface area contributed by atoms with E-state index in [1.54, 1.807) is 16.9 Å². The van der Waals surface area contributed by atoms with E-state index in [1.165, 1.54) is 0 Å². The Labute approximate surface area is 188 Å². The summed E-state index contributed by atoms with van der Waals surface area (Å²) in [6.45, 7) is 2.49. The SMILES string of the molecule is COc1ccccc1CCC(=O)N1CCN(C(=O)[C@H]2CC(=O)N(c3ccccc3)C2)CC1. The molecule has 0 saturated carbocycles. The molecule has 4 rings (SSSR count). The molecule has 32 heavy (non-hydrogen) atoms. The van der Waals surface area contributed by atoms with Gasteiger partial charge in [0.05, 0.1) is 13.0 Å². The van der Waals surface area contributed by atoms with Crippen molar-refractivity contribution in [1.29, 1.82) is 0 Å². The van der Waals surface area contributed by atoms with Crippen LogP contribution in [0.3, 0.4) is 0 Å². The van der Waals surface area contributed by atoms with Gasteiger partial charge in [0.15, 0.2) is 0 Å². The Morgan fingerprint density at radius 3 is 2.31 bits per heavy atom. The molecule has 2 heterocycles.